The van der Waals surface area contributed by atoms with Crippen LogP contribution in [0.4, 0.5) is 0 Å². The van der Waals surface area contributed by atoms with Gasteiger partial charge in [0.2, 0.25) is 0 Å². The van der Waals surface area contributed by atoms with E-state index in [0.29, 0.717) is 6.04 Å². The SMILES string of the molecule is CCCNC(CSc1cccc(Br)c1)Cc1ccc(Br)s1. The third-order valence-corrected chi connectivity index (χ3v) is 6.30. The molecule has 0 spiro atoms. The molecule has 0 amide bonds. The van der Waals surface area contributed by atoms with E-state index in [-0.39, 0.29) is 0 Å². The number of hydrogen-bond donors (Lipinski definition) is 1. The lowest BCUT2D eigenvalue weighted by Crippen LogP contribution is -2.33. The molecule has 1 aromatic heterocycles. The summed E-state index contributed by atoms with van der Waals surface area (Å²) in [5.41, 5.74) is 0. The van der Waals surface area contributed by atoms with Crippen LogP contribution in [0.25, 0.3) is 0 Å². The molecule has 0 aliphatic rings. The van der Waals surface area contributed by atoms with Gasteiger partial charge in [0.25, 0.3) is 0 Å². The minimum absolute atomic E-state index is 0.513. The third-order valence-electron chi connectivity index (χ3n) is 3.01. The maximum Gasteiger partial charge on any atom is 0.0701 e. The van der Waals surface area contributed by atoms with Gasteiger partial charge in [-0.1, -0.05) is 28.9 Å². The van der Waals surface area contributed by atoms with Crippen LogP contribution in [-0.2, 0) is 6.42 Å². The summed E-state index contributed by atoms with van der Waals surface area (Å²) in [6, 6.07) is 13.4. The summed E-state index contributed by atoms with van der Waals surface area (Å²) < 4.78 is 2.36. The van der Waals surface area contributed by atoms with Crippen LogP contribution in [0.1, 0.15) is 18.2 Å². The number of nitrogens with one attached hydrogen (secondary N) is 1. The monoisotopic (exact) mass is 447 g/mol. The summed E-state index contributed by atoms with van der Waals surface area (Å²) >= 11 is 10.8. The van der Waals surface area contributed by atoms with Crippen molar-refractivity contribution in [1.82, 2.24) is 5.32 Å². The lowest BCUT2D eigenvalue weighted by atomic mass is 10.2. The second kappa shape index (κ2) is 9.36. The number of rotatable bonds is 8. The smallest absolute Gasteiger partial charge is 0.0701 e. The zero-order valence-electron chi connectivity index (χ0n) is 11.9. The second-order valence-corrected chi connectivity index (χ2v) is 9.39. The molecule has 1 heterocycles. The molecule has 0 fully saturated rings. The molecule has 0 aliphatic carbocycles. The molecule has 0 radical (unpaired) electrons. The average Bonchev–Trinajstić information content (AvgIpc) is 2.87. The van der Waals surface area contributed by atoms with E-state index in [1.54, 1.807) is 0 Å². The van der Waals surface area contributed by atoms with Crippen LogP contribution in [-0.4, -0.2) is 18.3 Å². The summed E-state index contributed by atoms with van der Waals surface area (Å²) in [5, 5.41) is 3.67. The van der Waals surface area contributed by atoms with Crippen molar-refractivity contribution in [3.63, 3.8) is 0 Å². The molecule has 1 nitrogen and oxygen atoms in total. The summed E-state index contributed by atoms with van der Waals surface area (Å²) in [4.78, 5) is 2.75. The molecule has 1 aromatic carbocycles. The van der Waals surface area contributed by atoms with Crippen LogP contribution in [0.5, 0.6) is 0 Å². The number of halogens is 2. The van der Waals surface area contributed by atoms with Gasteiger partial charge < -0.3 is 5.32 Å². The second-order valence-electron chi connectivity index (χ2n) is 4.83. The normalized spacial score (nSPS) is 12.5. The Bertz CT molecular complexity index is 557. The van der Waals surface area contributed by atoms with Gasteiger partial charge in [0.05, 0.1) is 3.79 Å². The largest absolute Gasteiger partial charge is 0.313 e. The fraction of sp³-hybridized carbons (Fsp3) is 0.375. The Morgan fingerprint density at radius 3 is 2.76 bits per heavy atom. The topological polar surface area (TPSA) is 12.0 Å². The van der Waals surface area contributed by atoms with Crippen molar-refractivity contribution < 1.29 is 0 Å². The molecule has 0 aliphatic heterocycles. The highest BCUT2D eigenvalue weighted by Crippen LogP contribution is 2.26. The molecule has 114 valence electrons. The number of hydrogen-bond acceptors (Lipinski definition) is 3. The Hall–Kier alpha value is 0.190. The van der Waals surface area contributed by atoms with Gasteiger partial charge in [0.15, 0.2) is 0 Å². The van der Waals surface area contributed by atoms with Crippen molar-refractivity contribution in [2.24, 2.45) is 0 Å². The van der Waals surface area contributed by atoms with E-state index in [1.807, 2.05) is 23.1 Å². The molecule has 2 rings (SSSR count). The Morgan fingerprint density at radius 2 is 2.10 bits per heavy atom. The fourth-order valence-electron chi connectivity index (χ4n) is 2.00. The first-order chi connectivity index (χ1) is 10.2. The number of thioether (sulfide) groups is 1. The van der Waals surface area contributed by atoms with E-state index >= 15 is 0 Å². The molecule has 0 bridgehead atoms. The van der Waals surface area contributed by atoms with Crippen molar-refractivity contribution in [1.29, 1.82) is 0 Å². The van der Waals surface area contributed by atoms with E-state index in [9.17, 15) is 0 Å². The number of benzene rings is 1. The molecule has 5 heteroatoms. The molecule has 0 saturated heterocycles. The lowest BCUT2D eigenvalue weighted by molar-refractivity contribution is 0.553. The van der Waals surface area contributed by atoms with Crippen molar-refractivity contribution in [2.45, 2.75) is 30.7 Å². The zero-order valence-corrected chi connectivity index (χ0v) is 16.7. The van der Waals surface area contributed by atoms with Crippen LogP contribution in [0.3, 0.4) is 0 Å². The third kappa shape index (κ3) is 6.45. The first-order valence-electron chi connectivity index (χ1n) is 7.03. The standard InChI is InChI=1S/C16H19Br2NS2/c1-2-8-19-13(10-15-6-7-16(18)21-15)11-20-14-5-3-4-12(17)9-14/h3-7,9,13,19H,2,8,10-11H2,1H3. The molecular weight excluding hydrogens is 430 g/mol. The zero-order chi connectivity index (χ0) is 15.1. The first-order valence-corrected chi connectivity index (χ1v) is 10.4. The van der Waals surface area contributed by atoms with Crippen molar-refractivity contribution >= 4 is 55.0 Å². The highest BCUT2D eigenvalue weighted by molar-refractivity contribution is 9.11. The Morgan fingerprint density at radius 1 is 1.24 bits per heavy atom. The molecule has 2 aromatic rings. The van der Waals surface area contributed by atoms with E-state index < -0.39 is 0 Å². The fourth-order valence-corrected chi connectivity index (χ4v) is 5.12. The molecule has 1 N–H and O–H groups in total. The van der Waals surface area contributed by atoms with Gasteiger partial charge in [0.1, 0.15) is 0 Å². The average molecular weight is 449 g/mol. The van der Waals surface area contributed by atoms with Gasteiger partial charge >= 0.3 is 0 Å². The van der Waals surface area contributed by atoms with E-state index in [1.165, 1.54) is 20.0 Å². The maximum atomic E-state index is 3.67. The summed E-state index contributed by atoms with van der Waals surface area (Å²) in [6.07, 6.45) is 2.27. The van der Waals surface area contributed by atoms with Gasteiger partial charge in [0, 0.05) is 26.0 Å². The molecular formula is C16H19Br2NS2. The van der Waals surface area contributed by atoms with Crippen molar-refractivity contribution in [3.05, 3.63) is 49.5 Å². The summed E-state index contributed by atoms with van der Waals surface area (Å²) in [7, 11) is 0. The molecule has 1 atom stereocenters. The van der Waals surface area contributed by atoms with Crippen LogP contribution in [0.15, 0.2) is 49.6 Å². The van der Waals surface area contributed by atoms with Gasteiger partial charge in [-0.15, -0.1) is 23.1 Å². The quantitative estimate of drug-likeness (QED) is 0.498. The summed E-state index contributed by atoms with van der Waals surface area (Å²) in [6.45, 7) is 3.30. The highest BCUT2D eigenvalue weighted by atomic mass is 79.9. The van der Waals surface area contributed by atoms with Gasteiger partial charge in [-0.2, -0.15) is 0 Å². The predicted octanol–water partition coefficient (Wildman–Crippen LogP) is 5.98. The van der Waals surface area contributed by atoms with E-state index in [0.717, 1.165) is 23.2 Å². The van der Waals surface area contributed by atoms with E-state index in [4.69, 9.17) is 0 Å². The van der Waals surface area contributed by atoms with Crippen LogP contribution in [0.2, 0.25) is 0 Å². The minimum atomic E-state index is 0.513. The Balaban J connectivity index is 1.92. The molecule has 0 saturated carbocycles. The number of thiophene rings is 1. The summed E-state index contributed by atoms with van der Waals surface area (Å²) in [5.74, 6) is 1.09. The van der Waals surface area contributed by atoms with Crippen LogP contribution in [0, 0.1) is 0 Å². The molecule has 1 unspecified atom stereocenters. The van der Waals surface area contributed by atoms with Gasteiger partial charge in [-0.3, -0.25) is 0 Å². The van der Waals surface area contributed by atoms with Crippen LogP contribution < -0.4 is 5.32 Å². The first kappa shape index (κ1) is 17.5. The van der Waals surface area contributed by atoms with Gasteiger partial charge in [-0.05, 0) is 65.6 Å². The van der Waals surface area contributed by atoms with Crippen molar-refractivity contribution in [2.75, 3.05) is 12.3 Å². The Labute approximate surface area is 152 Å². The highest BCUT2D eigenvalue weighted by Gasteiger charge is 2.11. The van der Waals surface area contributed by atoms with Crippen LogP contribution >= 0.6 is 55.0 Å². The lowest BCUT2D eigenvalue weighted by Gasteiger charge is -2.17. The maximum absolute atomic E-state index is 3.67. The van der Waals surface area contributed by atoms with Crippen molar-refractivity contribution in [3.8, 4) is 0 Å². The van der Waals surface area contributed by atoms with E-state index in [2.05, 4.69) is 80.5 Å². The molecule has 21 heavy (non-hydrogen) atoms. The Kier molecular flexibility index (Phi) is 7.82. The predicted molar refractivity (Wildman–Crippen MR) is 103 cm³/mol. The van der Waals surface area contributed by atoms with Gasteiger partial charge in [-0.25, -0.2) is 0 Å². The minimum Gasteiger partial charge on any atom is -0.313 e.